The van der Waals surface area contributed by atoms with Crippen molar-refractivity contribution < 1.29 is 22.7 Å². The number of fused-ring (bicyclic) bond motifs is 1. The van der Waals surface area contributed by atoms with Crippen LogP contribution in [-0.4, -0.2) is 22.9 Å². The molecule has 0 saturated heterocycles. The first-order valence-electron chi connectivity index (χ1n) is 6.95. The molecule has 4 nitrogen and oxygen atoms in total. The van der Waals surface area contributed by atoms with Crippen molar-refractivity contribution in [2.75, 3.05) is 0 Å². The summed E-state index contributed by atoms with van der Waals surface area (Å²) in [5.74, 6) is 0. The zero-order valence-corrected chi connectivity index (χ0v) is 14.2. The average Bonchev–Trinajstić information content (AvgIpc) is 2.33. The van der Waals surface area contributed by atoms with Crippen molar-refractivity contribution in [3.63, 3.8) is 0 Å². The smallest absolute Gasteiger partial charge is 0.405 e. The van der Waals surface area contributed by atoms with Crippen LogP contribution in [0, 0.1) is 0 Å². The minimum Gasteiger partial charge on any atom is -0.444 e. The van der Waals surface area contributed by atoms with Crippen molar-refractivity contribution >= 4 is 28.5 Å². The molecule has 8 heteroatoms. The quantitative estimate of drug-likeness (QED) is 0.736. The molecule has 0 atom stereocenters. The number of aromatic nitrogens is 1. The van der Waals surface area contributed by atoms with Gasteiger partial charge in [0, 0.05) is 11.6 Å². The van der Waals surface area contributed by atoms with Crippen molar-refractivity contribution in [1.82, 2.24) is 4.98 Å². The fraction of sp³-hybridized carbons (Fsp3) is 0.375. The van der Waals surface area contributed by atoms with E-state index in [1.165, 1.54) is 18.3 Å². The first-order chi connectivity index (χ1) is 10.9. The van der Waals surface area contributed by atoms with Crippen molar-refractivity contribution in [3.05, 3.63) is 41.2 Å². The van der Waals surface area contributed by atoms with E-state index in [-0.39, 0.29) is 10.7 Å². The van der Waals surface area contributed by atoms with Gasteiger partial charge in [0.15, 0.2) is 0 Å². The number of nitrogens with zero attached hydrogens (tertiary/aromatic N) is 1. The van der Waals surface area contributed by atoms with Gasteiger partial charge in [0.25, 0.3) is 0 Å². The number of carbonyl (C=O) groups excluding carboxylic acids is 1. The molecule has 132 valence electrons. The van der Waals surface area contributed by atoms with Crippen LogP contribution in [0.15, 0.2) is 30.5 Å². The molecular formula is C16H18ClF3N2O2. The molecular weight excluding hydrogens is 345 g/mol. The first kappa shape index (κ1) is 20.0. The Hall–Kier alpha value is -2.02. The first-order valence-corrected chi connectivity index (χ1v) is 7.33. The summed E-state index contributed by atoms with van der Waals surface area (Å²) in [7, 11) is 0. The minimum atomic E-state index is -4.19. The third-order valence-electron chi connectivity index (χ3n) is 2.56. The van der Waals surface area contributed by atoms with Crippen LogP contribution >= 0.6 is 11.6 Å². The number of carbonyl (C=O) groups is 1. The number of ether oxygens (including phenoxy) is 1. The Labute approximate surface area is 142 Å². The van der Waals surface area contributed by atoms with Gasteiger partial charge in [0.2, 0.25) is 0 Å². The molecule has 24 heavy (non-hydrogen) atoms. The summed E-state index contributed by atoms with van der Waals surface area (Å²) in [6, 6.07) is 6.10. The molecule has 0 aliphatic heterocycles. The van der Waals surface area contributed by atoms with Gasteiger partial charge in [-0.15, -0.1) is 0 Å². The van der Waals surface area contributed by atoms with E-state index in [1.807, 2.05) is 0 Å². The van der Waals surface area contributed by atoms with Gasteiger partial charge >= 0.3 is 12.3 Å². The van der Waals surface area contributed by atoms with Gasteiger partial charge in [-0.3, -0.25) is 0 Å². The molecule has 0 saturated carbocycles. The second kappa shape index (κ2) is 7.70. The molecule has 0 bridgehead atoms. The zero-order valence-electron chi connectivity index (χ0n) is 13.4. The number of hydrogen-bond donors (Lipinski definition) is 1. The lowest BCUT2D eigenvalue weighted by Crippen LogP contribution is -2.27. The highest BCUT2D eigenvalue weighted by molar-refractivity contribution is 6.30. The summed E-state index contributed by atoms with van der Waals surface area (Å²) < 4.78 is 41.1. The van der Waals surface area contributed by atoms with Crippen LogP contribution in [0.5, 0.6) is 0 Å². The molecule has 0 radical (unpaired) electrons. The molecule has 2 rings (SSSR count). The Bertz CT molecular complexity index is 713. The summed E-state index contributed by atoms with van der Waals surface area (Å²) >= 11 is 5.67. The van der Waals surface area contributed by atoms with Crippen molar-refractivity contribution in [2.45, 2.75) is 39.0 Å². The molecule has 1 amide bonds. The van der Waals surface area contributed by atoms with E-state index in [9.17, 15) is 18.0 Å². The van der Waals surface area contributed by atoms with Crippen LogP contribution in [0.4, 0.5) is 18.0 Å². The van der Waals surface area contributed by atoms with E-state index < -0.39 is 24.3 Å². The van der Waals surface area contributed by atoms with Gasteiger partial charge in [-0.1, -0.05) is 29.8 Å². The van der Waals surface area contributed by atoms with Gasteiger partial charge in [0.05, 0.1) is 6.42 Å². The maximum atomic E-state index is 12.2. The van der Waals surface area contributed by atoms with Gasteiger partial charge in [-0.05, 0) is 37.8 Å². The summed E-state index contributed by atoms with van der Waals surface area (Å²) in [6.45, 7) is 5.28. The van der Waals surface area contributed by atoms with E-state index in [1.54, 1.807) is 32.9 Å². The molecule has 0 unspecified atom stereocenters. The average molecular weight is 363 g/mol. The molecule has 0 aliphatic carbocycles. The molecule has 1 heterocycles. The van der Waals surface area contributed by atoms with Crippen LogP contribution in [0.25, 0.3) is 10.8 Å². The second-order valence-electron chi connectivity index (χ2n) is 6.01. The standard InChI is InChI=1S/C11H7ClF3N.C5H11NO2/c12-10-4-9-3-7(5-11(13,14)15)1-2-8(9)6-16-10;1-5(2,3)8-4(6)7/h1-4,6H,5H2;1-3H3,(H2,6,7). The van der Waals surface area contributed by atoms with Gasteiger partial charge in [-0.2, -0.15) is 13.2 Å². The maximum Gasteiger partial charge on any atom is 0.405 e. The predicted molar refractivity (Wildman–Crippen MR) is 86.9 cm³/mol. The lowest BCUT2D eigenvalue weighted by Gasteiger charge is -2.16. The fourth-order valence-corrected chi connectivity index (χ4v) is 1.97. The Morgan fingerprint density at radius 3 is 2.29 bits per heavy atom. The van der Waals surface area contributed by atoms with Crippen LogP contribution in [0.2, 0.25) is 5.15 Å². The zero-order chi connectivity index (χ0) is 18.5. The highest BCUT2D eigenvalue weighted by Crippen LogP contribution is 2.24. The van der Waals surface area contributed by atoms with Crippen molar-refractivity contribution in [3.8, 4) is 0 Å². The van der Waals surface area contributed by atoms with Crippen molar-refractivity contribution in [1.29, 1.82) is 0 Å². The lowest BCUT2D eigenvalue weighted by atomic mass is 10.1. The summed E-state index contributed by atoms with van der Waals surface area (Å²) in [4.78, 5) is 13.9. The second-order valence-corrected chi connectivity index (χ2v) is 6.40. The normalized spacial score (nSPS) is 11.6. The van der Waals surface area contributed by atoms with Crippen molar-refractivity contribution in [2.24, 2.45) is 5.73 Å². The largest absolute Gasteiger partial charge is 0.444 e. The molecule has 0 fully saturated rings. The minimum absolute atomic E-state index is 0.224. The number of nitrogens with two attached hydrogens (primary N) is 1. The predicted octanol–water partition coefficient (Wildman–Crippen LogP) is 4.87. The molecule has 0 spiro atoms. The number of hydrogen-bond acceptors (Lipinski definition) is 3. The monoisotopic (exact) mass is 362 g/mol. The molecule has 1 aromatic carbocycles. The number of pyridine rings is 1. The van der Waals surface area contributed by atoms with E-state index >= 15 is 0 Å². The molecule has 0 aliphatic rings. The number of amides is 1. The Balaban J connectivity index is 0.000000307. The Kier molecular flexibility index (Phi) is 6.42. The third-order valence-corrected chi connectivity index (χ3v) is 2.77. The van der Waals surface area contributed by atoms with Crippen LogP contribution in [0.1, 0.15) is 26.3 Å². The summed E-state index contributed by atoms with van der Waals surface area (Å²) in [5.41, 5.74) is 4.49. The SMILES string of the molecule is CC(C)(C)OC(N)=O.FC(F)(F)Cc1ccc2cnc(Cl)cc2c1. The number of halogens is 4. The van der Waals surface area contributed by atoms with Gasteiger partial charge in [-0.25, -0.2) is 9.78 Å². The van der Waals surface area contributed by atoms with E-state index in [2.05, 4.69) is 9.72 Å². The van der Waals surface area contributed by atoms with E-state index in [4.69, 9.17) is 17.3 Å². The van der Waals surface area contributed by atoms with Crippen LogP contribution in [0.3, 0.4) is 0 Å². The maximum absolute atomic E-state index is 12.2. The lowest BCUT2D eigenvalue weighted by molar-refractivity contribution is -0.127. The molecule has 2 aromatic rings. The third kappa shape index (κ3) is 8.01. The van der Waals surface area contributed by atoms with E-state index in [0.717, 1.165) is 5.39 Å². The number of rotatable bonds is 1. The fourth-order valence-electron chi connectivity index (χ4n) is 1.81. The molecule has 2 N–H and O–H groups in total. The molecule has 1 aromatic heterocycles. The number of primary amides is 1. The Morgan fingerprint density at radius 2 is 1.83 bits per heavy atom. The highest BCUT2D eigenvalue weighted by atomic mass is 35.5. The van der Waals surface area contributed by atoms with Crippen LogP contribution < -0.4 is 5.73 Å². The van der Waals surface area contributed by atoms with Crippen LogP contribution in [-0.2, 0) is 11.2 Å². The highest BCUT2D eigenvalue weighted by Gasteiger charge is 2.27. The number of benzene rings is 1. The van der Waals surface area contributed by atoms with Gasteiger partial charge in [0.1, 0.15) is 10.8 Å². The Morgan fingerprint density at radius 1 is 1.21 bits per heavy atom. The van der Waals surface area contributed by atoms with E-state index in [0.29, 0.717) is 5.39 Å². The topological polar surface area (TPSA) is 65.2 Å². The van der Waals surface area contributed by atoms with Gasteiger partial charge < -0.3 is 10.5 Å². The summed E-state index contributed by atoms with van der Waals surface area (Å²) in [6.07, 6.45) is -4.31. The summed E-state index contributed by atoms with van der Waals surface area (Å²) in [5, 5.41) is 1.72. The number of alkyl halides is 3.